The van der Waals surface area contributed by atoms with Gasteiger partial charge in [-0.2, -0.15) is 0 Å². The lowest BCUT2D eigenvalue weighted by molar-refractivity contribution is 0.642. The van der Waals surface area contributed by atoms with Crippen molar-refractivity contribution < 1.29 is 0 Å². The van der Waals surface area contributed by atoms with Gasteiger partial charge in [-0.3, -0.25) is 0 Å². The maximum absolute atomic E-state index is 2.47. The second kappa shape index (κ2) is 13.8. The van der Waals surface area contributed by atoms with E-state index in [4.69, 9.17) is 0 Å². The summed E-state index contributed by atoms with van der Waals surface area (Å²) in [5.74, 6) is 0. The lowest BCUT2D eigenvalue weighted by atomic mass is 9.77. The van der Waals surface area contributed by atoms with E-state index in [1.807, 2.05) is 0 Å². The Kier molecular flexibility index (Phi) is 8.84. The Labute approximate surface area is 314 Å². The van der Waals surface area contributed by atoms with Gasteiger partial charge >= 0.3 is 0 Å². The molecule has 0 N–H and O–H groups in total. The molecule has 2 heteroatoms. The third kappa shape index (κ3) is 6.36. The van der Waals surface area contributed by atoms with E-state index < -0.39 is 0 Å². The summed E-state index contributed by atoms with van der Waals surface area (Å²) in [6.07, 6.45) is 0. The molecule has 8 rings (SSSR count). The highest BCUT2D eigenvalue weighted by molar-refractivity contribution is 6.23. The van der Waals surface area contributed by atoms with Gasteiger partial charge in [0.2, 0.25) is 0 Å². The average Bonchev–Trinajstić information content (AvgIpc) is 3.18. The van der Waals surface area contributed by atoms with E-state index >= 15 is 0 Å². The van der Waals surface area contributed by atoms with E-state index in [1.54, 1.807) is 0 Å². The van der Waals surface area contributed by atoms with Gasteiger partial charge in [0.1, 0.15) is 0 Å². The Hall–Kier alpha value is -6.12. The summed E-state index contributed by atoms with van der Waals surface area (Å²) in [6.45, 7) is 13.3. The van der Waals surface area contributed by atoms with E-state index in [1.165, 1.54) is 66.3 Å². The lowest BCUT2D eigenvalue weighted by Crippen LogP contribution is -2.19. The largest absolute Gasteiger partial charge is 0.309 e. The predicted octanol–water partition coefficient (Wildman–Crippen LogP) is 14.5. The molecule has 0 saturated carbocycles. The number of aryl methyl sites for hydroxylation is 4. The van der Waals surface area contributed by atoms with Crippen LogP contribution in [0.3, 0.4) is 0 Å². The second-order valence-corrected chi connectivity index (χ2v) is 15.0. The van der Waals surface area contributed by atoms with Gasteiger partial charge in [0.15, 0.2) is 0 Å². The van der Waals surface area contributed by atoms with Crippen molar-refractivity contribution in [1.29, 1.82) is 0 Å². The summed E-state index contributed by atoms with van der Waals surface area (Å²) >= 11 is 0. The number of rotatable bonds is 8. The van der Waals surface area contributed by atoms with Crippen LogP contribution in [0.4, 0.5) is 34.1 Å². The number of benzene rings is 8. The zero-order valence-corrected chi connectivity index (χ0v) is 31.6. The average molecular weight is 687 g/mol. The molecule has 0 aliphatic carbocycles. The SMILES string of the molecule is Cc1ccc(N(c2ccc(C)cc2)c2c3ccccc3c(N(c3ccc(C)cc3)c3ccc(C)cc3)c3cc(C(C)(C)c4ccccc4)ccc23)cc1. The molecule has 0 heterocycles. The molecule has 0 unspecified atom stereocenters. The molecule has 0 spiro atoms. The van der Waals surface area contributed by atoms with Crippen molar-refractivity contribution in [3.63, 3.8) is 0 Å². The predicted molar refractivity (Wildman–Crippen MR) is 228 cm³/mol. The molecule has 260 valence electrons. The molecule has 0 fully saturated rings. The van der Waals surface area contributed by atoms with Crippen LogP contribution < -0.4 is 9.80 Å². The van der Waals surface area contributed by atoms with Crippen molar-refractivity contribution in [2.45, 2.75) is 47.0 Å². The molecule has 0 aliphatic heterocycles. The Morgan fingerprint density at radius 3 is 1.06 bits per heavy atom. The molecule has 0 amide bonds. The van der Waals surface area contributed by atoms with Crippen molar-refractivity contribution in [2.24, 2.45) is 0 Å². The molecule has 0 aromatic heterocycles. The van der Waals surface area contributed by atoms with Crippen molar-refractivity contribution in [1.82, 2.24) is 0 Å². The van der Waals surface area contributed by atoms with Gasteiger partial charge in [-0.15, -0.1) is 0 Å². The highest BCUT2D eigenvalue weighted by Gasteiger charge is 2.28. The van der Waals surface area contributed by atoms with Crippen molar-refractivity contribution >= 4 is 55.7 Å². The van der Waals surface area contributed by atoms with E-state index in [0.717, 1.165) is 22.7 Å². The van der Waals surface area contributed by atoms with Gasteiger partial charge in [0.25, 0.3) is 0 Å². The van der Waals surface area contributed by atoms with Crippen LogP contribution in [-0.4, -0.2) is 0 Å². The molecular weight excluding hydrogens is 641 g/mol. The molecule has 8 aromatic rings. The van der Waals surface area contributed by atoms with E-state index in [9.17, 15) is 0 Å². The fourth-order valence-electron chi connectivity index (χ4n) is 7.61. The Morgan fingerprint density at radius 1 is 0.321 bits per heavy atom. The highest BCUT2D eigenvalue weighted by Crippen LogP contribution is 2.52. The number of fused-ring (bicyclic) bond motifs is 2. The number of hydrogen-bond donors (Lipinski definition) is 0. The Bertz CT molecular complexity index is 2440. The van der Waals surface area contributed by atoms with Crippen molar-refractivity contribution in [2.75, 3.05) is 9.80 Å². The number of anilines is 6. The lowest BCUT2D eigenvalue weighted by Gasteiger charge is -2.34. The minimum Gasteiger partial charge on any atom is -0.309 e. The standard InChI is InChI=1S/C51H46N2/c1-35-16-25-41(26-17-35)52(42-27-18-36(2)19-28-42)49-45-14-10-11-15-46(45)50(53(43-29-20-37(3)21-30-43)44-31-22-38(4)23-32-44)48-34-40(24-33-47(48)49)51(5,6)39-12-8-7-9-13-39/h7-34H,1-6H3. The molecule has 8 aromatic carbocycles. The summed E-state index contributed by atoms with van der Waals surface area (Å²) in [4.78, 5) is 4.92. The zero-order chi connectivity index (χ0) is 36.7. The second-order valence-electron chi connectivity index (χ2n) is 15.0. The van der Waals surface area contributed by atoms with E-state index in [2.05, 4.69) is 221 Å². The zero-order valence-electron chi connectivity index (χ0n) is 31.6. The minimum absolute atomic E-state index is 0.231. The van der Waals surface area contributed by atoms with Gasteiger partial charge < -0.3 is 9.80 Å². The summed E-state index contributed by atoms with van der Waals surface area (Å²) in [6, 6.07) is 62.8. The first-order chi connectivity index (χ1) is 25.7. The highest BCUT2D eigenvalue weighted by atomic mass is 15.2. The Balaban J connectivity index is 1.53. The normalized spacial score (nSPS) is 11.6. The van der Waals surface area contributed by atoms with Crippen LogP contribution in [0.1, 0.15) is 47.2 Å². The minimum atomic E-state index is -0.231. The third-order valence-electron chi connectivity index (χ3n) is 10.8. The van der Waals surface area contributed by atoms with E-state index in [0.29, 0.717) is 0 Å². The topological polar surface area (TPSA) is 6.48 Å². The molecule has 53 heavy (non-hydrogen) atoms. The maximum atomic E-state index is 2.47. The van der Waals surface area contributed by atoms with Gasteiger partial charge in [0.05, 0.1) is 11.4 Å². The van der Waals surface area contributed by atoms with Crippen LogP contribution in [0.15, 0.2) is 170 Å². The van der Waals surface area contributed by atoms with Crippen LogP contribution in [0.5, 0.6) is 0 Å². The fourth-order valence-corrected chi connectivity index (χ4v) is 7.61. The Morgan fingerprint density at radius 2 is 0.660 bits per heavy atom. The van der Waals surface area contributed by atoms with Gasteiger partial charge in [-0.1, -0.05) is 151 Å². The summed E-state index contributed by atoms with van der Waals surface area (Å²) in [5, 5.41) is 4.77. The van der Waals surface area contributed by atoms with E-state index in [-0.39, 0.29) is 5.41 Å². The monoisotopic (exact) mass is 686 g/mol. The number of nitrogens with zero attached hydrogens (tertiary/aromatic N) is 2. The smallest absolute Gasteiger partial charge is 0.0620 e. The van der Waals surface area contributed by atoms with Crippen molar-refractivity contribution in [3.05, 3.63) is 203 Å². The van der Waals surface area contributed by atoms with Gasteiger partial charge in [-0.05, 0) is 93.4 Å². The van der Waals surface area contributed by atoms with Crippen molar-refractivity contribution in [3.8, 4) is 0 Å². The molecule has 0 bridgehead atoms. The summed E-state index contributed by atoms with van der Waals surface area (Å²) in [5.41, 5.74) is 14.1. The van der Waals surface area contributed by atoms with Crippen LogP contribution in [-0.2, 0) is 5.41 Å². The fraction of sp³-hybridized carbons (Fsp3) is 0.137. The first kappa shape index (κ1) is 34.0. The van der Waals surface area contributed by atoms with Crippen LogP contribution >= 0.6 is 0 Å². The molecule has 0 aliphatic rings. The van der Waals surface area contributed by atoms with Crippen LogP contribution in [0.25, 0.3) is 21.5 Å². The molecular formula is C51H46N2. The van der Waals surface area contributed by atoms with Gasteiger partial charge in [0, 0.05) is 49.7 Å². The molecule has 0 radical (unpaired) electrons. The number of hydrogen-bond acceptors (Lipinski definition) is 2. The summed E-state index contributed by atoms with van der Waals surface area (Å²) < 4.78 is 0. The maximum Gasteiger partial charge on any atom is 0.0620 e. The summed E-state index contributed by atoms with van der Waals surface area (Å²) in [7, 11) is 0. The molecule has 0 saturated heterocycles. The first-order valence-electron chi connectivity index (χ1n) is 18.6. The third-order valence-corrected chi connectivity index (χ3v) is 10.8. The van der Waals surface area contributed by atoms with Crippen LogP contribution in [0, 0.1) is 27.7 Å². The van der Waals surface area contributed by atoms with Gasteiger partial charge in [-0.25, -0.2) is 0 Å². The van der Waals surface area contributed by atoms with Crippen LogP contribution in [0.2, 0.25) is 0 Å². The first-order valence-corrected chi connectivity index (χ1v) is 18.6. The quantitative estimate of drug-likeness (QED) is 0.116. The molecule has 0 atom stereocenters. The molecule has 2 nitrogen and oxygen atoms in total.